The van der Waals surface area contributed by atoms with Gasteiger partial charge in [-0.2, -0.15) is 0 Å². The first kappa shape index (κ1) is 12.8. The highest BCUT2D eigenvalue weighted by Crippen LogP contribution is 2.39. The summed E-state index contributed by atoms with van der Waals surface area (Å²) in [5.41, 5.74) is 1.51. The summed E-state index contributed by atoms with van der Waals surface area (Å²) in [6.45, 7) is 1.29. The molecule has 108 valence electrons. The predicted octanol–water partition coefficient (Wildman–Crippen LogP) is 1.65. The summed E-state index contributed by atoms with van der Waals surface area (Å²) in [7, 11) is 0. The second-order valence-corrected chi connectivity index (χ2v) is 5.90. The number of nitrogens with zero attached hydrogens (tertiary/aromatic N) is 4. The third kappa shape index (κ3) is 2.40. The summed E-state index contributed by atoms with van der Waals surface area (Å²) in [4.78, 5) is 29.8. The number of nitrogens with one attached hydrogen (secondary N) is 1. The van der Waals surface area contributed by atoms with Gasteiger partial charge in [0.2, 0.25) is 0 Å². The van der Waals surface area contributed by atoms with Crippen molar-refractivity contribution in [3.8, 4) is 0 Å². The lowest BCUT2D eigenvalue weighted by Gasteiger charge is -2.28. The van der Waals surface area contributed by atoms with Crippen LogP contribution in [0.5, 0.6) is 0 Å². The van der Waals surface area contributed by atoms with E-state index in [1.165, 1.54) is 6.33 Å². The summed E-state index contributed by atoms with van der Waals surface area (Å²) in [6.07, 6.45) is 4.46. The van der Waals surface area contributed by atoms with E-state index in [4.69, 9.17) is 11.6 Å². The van der Waals surface area contributed by atoms with E-state index in [2.05, 4.69) is 24.8 Å². The molecule has 3 heterocycles. The summed E-state index contributed by atoms with van der Waals surface area (Å²) >= 11 is 6.11. The van der Waals surface area contributed by atoms with Crippen LogP contribution in [-0.4, -0.2) is 26.5 Å². The fraction of sp³-hybridized carbons (Fsp3) is 0.429. The normalized spacial score (nSPS) is 17.7. The monoisotopic (exact) mass is 303 g/mol. The van der Waals surface area contributed by atoms with E-state index in [-0.39, 0.29) is 5.56 Å². The fourth-order valence-electron chi connectivity index (χ4n) is 2.66. The molecular formula is C14H14ClN5O. The summed E-state index contributed by atoms with van der Waals surface area (Å²) in [5, 5.41) is 0.466. The van der Waals surface area contributed by atoms with Crippen molar-refractivity contribution < 1.29 is 0 Å². The van der Waals surface area contributed by atoms with E-state index in [1.807, 2.05) is 0 Å². The predicted molar refractivity (Wildman–Crippen MR) is 78.6 cm³/mol. The zero-order chi connectivity index (χ0) is 14.4. The van der Waals surface area contributed by atoms with Gasteiger partial charge in [0.15, 0.2) is 0 Å². The maximum atomic E-state index is 11.9. The molecular weight excluding hydrogens is 290 g/mol. The number of hydrogen-bond donors (Lipinski definition) is 1. The molecule has 2 aromatic rings. The lowest BCUT2D eigenvalue weighted by Crippen LogP contribution is -2.36. The van der Waals surface area contributed by atoms with E-state index >= 15 is 0 Å². The van der Waals surface area contributed by atoms with Crippen LogP contribution in [0.3, 0.4) is 0 Å². The molecule has 1 saturated carbocycles. The summed E-state index contributed by atoms with van der Waals surface area (Å²) < 4.78 is 0. The third-order valence-corrected chi connectivity index (χ3v) is 4.16. The Morgan fingerprint density at radius 2 is 2.19 bits per heavy atom. The second-order valence-electron chi connectivity index (χ2n) is 5.51. The van der Waals surface area contributed by atoms with Crippen molar-refractivity contribution in [2.75, 3.05) is 11.4 Å². The van der Waals surface area contributed by atoms with Crippen molar-refractivity contribution in [3.05, 3.63) is 45.0 Å². The molecule has 0 radical (unpaired) electrons. The zero-order valence-corrected chi connectivity index (χ0v) is 12.1. The van der Waals surface area contributed by atoms with E-state index in [1.54, 1.807) is 6.07 Å². The molecule has 0 spiro atoms. The molecule has 21 heavy (non-hydrogen) atoms. The first-order valence-electron chi connectivity index (χ1n) is 7.05. The molecule has 0 bridgehead atoms. The first-order chi connectivity index (χ1) is 10.2. The molecule has 0 aromatic carbocycles. The molecule has 1 fully saturated rings. The van der Waals surface area contributed by atoms with Crippen LogP contribution in [0.1, 0.15) is 35.8 Å². The molecule has 0 atom stereocenters. The molecule has 6 nitrogen and oxygen atoms in total. The molecule has 4 rings (SSSR count). The highest BCUT2D eigenvalue weighted by atomic mass is 35.5. The van der Waals surface area contributed by atoms with Crippen molar-refractivity contribution in [2.24, 2.45) is 0 Å². The molecule has 1 N–H and O–H groups in total. The van der Waals surface area contributed by atoms with Crippen LogP contribution < -0.4 is 10.5 Å². The van der Waals surface area contributed by atoms with Gasteiger partial charge in [-0.3, -0.25) is 4.79 Å². The molecule has 2 aliphatic rings. The average molecular weight is 304 g/mol. The quantitative estimate of drug-likeness (QED) is 0.854. The van der Waals surface area contributed by atoms with Crippen LogP contribution in [0.2, 0.25) is 5.15 Å². The van der Waals surface area contributed by atoms with Crippen LogP contribution in [-0.2, 0) is 13.0 Å². The van der Waals surface area contributed by atoms with Gasteiger partial charge >= 0.3 is 0 Å². The molecule has 1 aliphatic carbocycles. The molecule has 1 aliphatic heterocycles. The van der Waals surface area contributed by atoms with Crippen molar-refractivity contribution >= 4 is 17.4 Å². The van der Waals surface area contributed by atoms with Crippen molar-refractivity contribution in [1.29, 1.82) is 0 Å². The Kier molecular flexibility index (Phi) is 2.92. The largest absolute Gasteiger partial charge is 0.351 e. The van der Waals surface area contributed by atoms with Crippen LogP contribution in [0.15, 0.2) is 17.2 Å². The molecule has 7 heteroatoms. The Hall–Kier alpha value is -1.95. The number of hydrogen-bond acceptors (Lipinski definition) is 5. The maximum absolute atomic E-state index is 11.9. The second kappa shape index (κ2) is 4.80. The minimum Gasteiger partial charge on any atom is -0.351 e. The van der Waals surface area contributed by atoms with Gasteiger partial charge < -0.3 is 9.88 Å². The molecule has 0 saturated heterocycles. The number of aromatic nitrogens is 4. The molecule has 0 unspecified atom stereocenters. The van der Waals surface area contributed by atoms with Crippen molar-refractivity contribution in [3.63, 3.8) is 0 Å². The number of aromatic amines is 1. The standard InChI is InChI=1S/C14H14ClN5O/c15-11-5-12(19-13(18-11)8-1-2-8)20-4-3-10-9(6-20)14(21)17-7-16-10/h5,7-8H,1-4,6H2,(H,16,17,21). The van der Waals surface area contributed by atoms with E-state index in [0.717, 1.165) is 43.1 Å². The zero-order valence-electron chi connectivity index (χ0n) is 11.3. The number of anilines is 1. The number of H-pyrrole nitrogens is 1. The maximum Gasteiger partial charge on any atom is 0.255 e. The van der Waals surface area contributed by atoms with Crippen LogP contribution in [0.4, 0.5) is 5.82 Å². The van der Waals surface area contributed by atoms with E-state index < -0.39 is 0 Å². The Bertz CT molecular complexity index is 755. The minimum atomic E-state index is -0.0766. The lowest BCUT2D eigenvalue weighted by molar-refractivity contribution is 0.684. The topological polar surface area (TPSA) is 74.8 Å². The van der Waals surface area contributed by atoms with Crippen LogP contribution in [0.25, 0.3) is 0 Å². The molecule has 2 aromatic heterocycles. The Morgan fingerprint density at radius 1 is 1.33 bits per heavy atom. The van der Waals surface area contributed by atoms with Gasteiger partial charge in [0.1, 0.15) is 16.8 Å². The van der Waals surface area contributed by atoms with Crippen LogP contribution >= 0.6 is 11.6 Å². The van der Waals surface area contributed by atoms with E-state index in [9.17, 15) is 4.79 Å². The van der Waals surface area contributed by atoms with Gasteiger partial charge in [0, 0.05) is 24.9 Å². The summed E-state index contributed by atoms with van der Waals surface area (Å²) in [6, 6.07) is 1.77. The third-order valence-electron chi connectivity index (χ3n) is 3.97. The van der Waals surface area contributed by atoms with Gasteiger partial charge in [-0.25, -0.2) is 15.0 Å². The SMILES string of the molecule is O=c1[nH]cnc2c1CN(c1cc(Cl)nc(C3CC3)n1)CC2. The van der Waals surface area contributed by atoms with Crippen LogP contribution in [0, 0.1) is 0 Å². The fourth-order valence-corrected chi connectivity index (χ4v) is 2.84. The molecule has 0 amide bonds. The highest BCUT2D eigenvalue weighted by molar-refractivity contribution is 6.29. The Labute approximate surface area is 126 Å². The first-order valence-corrected chi connectivity index (χ1v) is 7.43. The highest BCUT2D eigenvalue weighted by Gasteiger charge is 2.28. The average Bonchev–Trinajstić information content (AvgIpc) is 3.31. The number of rotatable bonds is 2. The number of fused-ring (bicyclic) bond motifs is 1. The van der Waals surface area contributed by atoms with Gasteiger partial charge in [-0.1, -0.05) is 11.6 Å². The minimum absolute atomic E-state index is 0.0766. The van der Waals surface area contributed by atoms with Gasteiger partial charge in [0.25, 0.3) is 5.56 Å². The Morgan fingerprint density at radius 3 is 3.00 bits per heavy atom. The summed E-state index contributed by atoms with van der Waals surface area (Å²) in [5.74, 6) is 2.07. The van der Waals surface area contributed by atoms with Gasteiger partial charge in [-0.05, 0) is 12.8 Å². The van der Waals surface area contributed by atoms with Gasteiger partial charge in [0.05, 0.1) is 24.1 Å². The van der Waals surface area contributed by atoms with Crippen molar-refractivity contribution in [2.45, 2.75) is 31.7 Å². The number of halogens is 1. The van der Waals surface area contributed by atoms with E-state index in [0.29, 0.717) is 23.2 Å². The van der Waals surface area contributed by atoms with Gasteiger partial charge in [-0.15, -0.1) is 0 Å². The van der Waals surface area contributed by atoms with Crippen molar-refractivity contribution in [1.82, 2.24) is 19.9 Å². The smallest absolute Gasteiger partial charge is 0.255 e. The Balaban J connectivity index is 1.69. The lowest BCUT2D eigenvalue weighted by atomic mass is 10.1.